The van der Waals surface area contributed by atoms with Crippen LogP contribution < -0.4 is 10.6 Å². The van der Waals surface area contributed by atoms with Crippen LogP contribution in [0.25, 0.3) is 0 Å². The number of carboxylic acid groups (broad SMARTS) is 1. The van der Waals surface area contributed by atoms with Gasteiger partial charge in [0.05, 0.1) is 6.61 Å². The third-order valence-corrected chi connectivity index (χ3v) is 2.29. The van der Waals surface area contributed by atoms with Gasteiger partial charge in [0.2, 0.25) is 0 Å². The second-order valence-electron chi connectivity index (χ2n) is 3.73. The van der Waals surface area contributed by atoms with Crippen LogP contribution in [0.2, 0.25) is 0 Å². The summed E-state index contributed by atoms with van der Waals surface area (Å²) < 4.78 is 27.8. The van der Waals surface area contributed by atoms with E-state index in [9.17, 15) is 18.4 Å². The topological polar surface area (TPSA) is 87.7 Å². The Labute approximate surface area is 96.3 Å². The smallest absolute Gasteiger partial charge is 0.329 e. The third kappa shape index (κ3) is 4.51. The first-order valence-electron chi connectivity index (χ1n) is 5.11. The van der Waals surface area contributed by atoms with Crippen molar-refractivity contribution in [1.82, 2.24) is 10.6 Å². The van der Waals surface area contributed by atoms with Crippen molar-refractivity contribution in [2.75, 3.05) is 19.8 Å². The first kappa shape index (κ1) is 13.6. The van der Waals surface area contributed by atoms with Gasteiger partial charge in [-0.2, -0.15) is 0 Å². The van der Waals surface area contributed by atoms with Gasteiger partial charge in [-0.3, -0.25) is 0 Å². The minimum atomic E-state index is -2.54. The predicted octanol–water partition coefficient (Wildman–Crippen LogP) is 0.184. The Morgan fingerprint density at radius 2 is 2.06 bits per heavy atom. The van der Waals surface area contributed by atoms with E-state index in [0.717, 1.165) is 0 Å². The molecule has 0 atom stereocenters. The molecule has 17 heavy (non-hydrogen) atoms. The summed E-state index contributed by atoms with van der Waals surface area (Å²) in [4.78, 5) is 21.9. The van der Waals surface area contributed by atoms with Crippen molar-refractivity contribution in [3.05, 3.63) is 0 Å². The molecule has 0 unspecified atom stereocenters. The molecule has 1 fully saturated rings. The molecule has 6 nitrogen and oxygen atoms in total. The second kappa shape index (κ2) is 5.76. The quantitative estimate of drug-likeness (QED) is 0.564. The summed E-state index contributed by atoms with van der Waals surface area (Å²) in [5.74, 6) is -1.07. The predicted molar refractivity (Wildman–Crippen MR) is 53.0 cm³/mol. The Hall–Kier alpha value is -1.44. The van der Waals surface area contributed by atoms with E-state index in [2.05, 4.69) is 15.4 Å². The Balaban J connectivity index is 2.08. The number of urea groups is 1. The normalized spacial score (nSPS) is 16.6. The molecule has 0 aliphatic heterocycles. The summed E-state index contributed by atoms with van der Waals surface area (Å²) in [7, 11) is 0. The lowest BCUT2D eigenvalue weighted by Crippen LogP contribution is -2.48. The van der Waals surface area contributed by atoms with Crippen LogP contribution in [0.1, 0.15) is 12.8 Å². The summed E-state index contributed by atoms with van der Waals surface area (Å²) in [5, 5.41) is 13.4. The maximum atomic E-state index is 11.7. The summed E-state index contributed by atoms with van der Waals surface area (Å²) in [6, 6.07) is -0.634. The molecule has 1 aliphatic carbocycles. The van der Waals surface area contributed by atoms with Gasteiger partial charge in [0.25, 0.3) is 6.43 Å². The number of rotatable bonds is 7. The minimum Gasteiger partial charge on any atom is -0.480 e. The minimum absolute atomic E-state index is 0.0438. The number of hydrogen-bond acceptors (Lipinski definition) is 3. The van der Waals surface area contributed by atoms with Crippen LogP contribution >= 0.6 is 0 Å². The number of hydrogen-bond donors (Lipinski definition) is 3. The molecule has 98 valence electrons. The third-order valence-electron chi connectivity index (χ3n) is 2.29. The molecule has 0 aromatic heterocycles. The van der Waals surface area contributed by atoms with Gasteiger partial charge in [0.1, 0.15) is 12.1 Å². The molecule has 0 spiro atoms. The molecule has 1 saturated carbocycles. The zero-order chi connectivity index (χ0) is 12.9. The van der Waals surface area contributed by atoms with Crippen LogP contribution in [0, 0.1) is 0 Å². The van der Waals surface area contributed by atoms with Crippen molar-refractivity contribution in [3.8, 4) is 0 Å². The largest absolute Gasteiger partial charge is 0.480 e. The summed E-state index contributed by atoms with van der Waals surface area (Å²) in [6.07, 6.45) is -1.74. The number of carboxylic acids is 1. The molecule has 0 heterocycles. The van der Waals surface area contributed by atoms with Crippen molar-refractivity contribution in [1.29, 1.82) is 0 Å². The number of halogens is 2. The highest BCUT2D eigenvalue weighted by molar-refractivity contribution is 5.88. The fraction of sp³-hybridized carbons (Fsp3) is 0.778. The molecule has 8 heteroatoms. The fourth-order valence-corrected chi connectivity index (χ4v) is 1.19. The van der Waals surface area contributed by atoms with E-state index in [1.807, 2.05) is 0 Å². The highest BCUT2D eigenvalue weighted by atomic mass is 19.3. The van der Waals surface area contributed by atoms with Crippen LogP contribution in [-0.4, -0.2) is 48.8 Å². The Kier molecular flexibility index (Phi) is 4.62. The van der Waals surface area contributed by atoms with Gasteiger partial charge in [0.15, 0.2) is 0 Å². The molecule has 3 N–H and O–H groups in total. The number of carbonyl (C=O) groups excluding carboxylic acids is 1. The summed E-state index contributed by atoms with van der Waals surface area (Å²) >= 11 is 0. The highest BCUT2D eigenvalue weighted by Crippen LogP contribution is 2.35. The fourth-order valence-electron chi connectivity index (χ4n) is 1.19. The van der Waals surface area contributed by atoms with Crippen molar-refractivity contribution in [3.63, 3.8) is 0 Å². The van der Waals surface area contributed by atoms with Crippen LogP contribution in [-0.2, 0) is 9.53 Å². The molecular weight excluding hydrogens is 238 g/mol. The van der Waals surface area contributed by atoms with E-state index in [-0.39, 0.29) is 13.2 Å². The molecule has 1 aliphatic rings. The Bertz CT molecular complexity index is 295. The van der Waals surface area contributed by atoms with Crippen LogP contribution in [0.15, 0.2) is 0 Å². The number of ether oxygens (including phenoxy) is 1. The first-order valence-corrected chi connectivity index (χ1v) is 5.11. The molecule has 0 radical (unpaired) electrons. The van der Waals surface area contributed by atoms with Gasteiger partial charge >= 0.3 is 12.0 Å². The average Bonchev–Trinajstić information content (AvgIpc) is 2.97. The van der Waals surface area contributed by atoms with Crippen molar-refractivity contribution >= 4 is 12.0 Å². The van der Waals surface area contributed by atoms with Crippen molar-refractivity contribution in [2.24, 2.45) is 0 Å². The van der Waals surface area contributed by atoms with E-state index in [0.29, 0.717) is 12.8 Å². The van der Waals surface area contributed by atoms with Crippen LogP contribution in [0.4, 0.5) is 13.6 Å². The van der Waals surface area contributed by atoms with Crippen molar-refractivity contribution < 1.29 is 28.2 Å². The number of aliphatic carboxylic acids is 1. The molecule has 0 saturated heterocycles. The van der Waals surface area contributed by atoms with Gasteiger partial charge < -0.3 is 20.5 Å². The van der Waals surface area contributed by atoms with Crippen LogP contribution in [0.5, 0.6) is 0 Å². The molecule has 0 bridgehead atoms. The maximum absolute atomic E-state index is 11.7. The van der Waals surface area contributed by atoms with E-state index < -0.39 is 30.6 Å². The standard InChI is InChI=1S/C9H14F2N2O4/c10-6(11)5-17-4-3-12-8(16)13-9(1-2-9)7(14)15/h6H,1-5H2,(H,14,15)(H2,12,13,16). The molecular formula is C9H14F2N2O4. The van der Waals surface area contributed by atoms with E-state index in [1.54, 1.807) is 0 Å². The number of amides is 2. The van der Waals surface area contributed by atoms with Gasteiger partial charge in [-0.1, -0.05) is 0 Å². The van der Waals surface area contributed by atoms with Crippen LogP contribution in [0.3, 0.4) is 0 Å². The number of nitrogens with one attached hydrogen (secondary N) is 2. The molecule has 1 rings (SSSR count). The van der Waals surface area contributed by atoms with E-state index in [1.165, 1.54) is 0 Å². The van der Waals surface area contributed by atoms with Gasteiger partial charge in [-0.05, 0) is 12.8 Å². The average molecular weight is 252 g/mol. The number of alkyl halides is 2. The lowest BCUT2D eigenvalue weighted by Gasteiger charge is -2.13. The summed E-state index contributed by atoms with van der Waals surface area (Å²) in [6.45, 7) is -0.672. The lowest BCUT2D eigenvalue weighted by atomic mass is 10.3. The number of carbonyl (C=O) groups is 2. The molecule has 2 amide bonds. The van der Waals surface area contributed by atoms with Gasteiger partial charge in [0, 0.05) is 6.54 Å². The lowest BCUT2D eigenvalue weighted by molar-refractivity contribution is -0.140. The molecule has 0 aromatic carbocycles. The summed E-state index contributed by atoms with van der Waals surface area (Å²) in [5.41, 5.74) is -1.14. The van der Waals surface area contributed by atoms with Crippen molar-refractivity contribution in [2.45, 2.75) is 24.8 Å². The Morgan fingerprint density at radius 3 is 2.53 bits per heavy atom. The highest BCUT2D eigenvalue weighted by Gasteiger charge is 2.51. The van der Waals surface area contributed by atoms with E-state index in [4.69, 9.17) is 5.11 Å². The maximum Gasteiger partial charge on any atom is 0.329 e. The Morgan fingerprint density at radius 1 is 1.41 bits per heavy atom. The first-order chi connectivity index (χ1) is 7.96. The van der Waals surface area contributed by atoms with E-state index >= 15 is 0 Å². The van der Waals surface area contributed by atoms with Gasteiger partial charge in [-0.15, -0.1) is 0 Å². The zero-order valence-corrected chi connectivity index (χ0v) is 9.04. The second-order valence-corrected chi connectivity index (χ2v) is 3.73. The van der Waals surface area contributed by atoms with Gasteiger partial charge in [-0.25, -0.2) is 18.4 Å². The zero-order valence-electron chi connectivity index (χ0n) is 9.04. The molecule has 0 aromatic rings. The monoisotopic (exact) mass is 252 g/mol. The SMILES string of the molecule is O=C(NCCOCC(F)F)NC1(C(=O)O)CC1.